The third-order valence-corrected chi connectivity index (χ3v) is 5.06. The molecule has 2 aromatic heterocycles. The van der Waals surface area contributed by atoms with Gasteiger partial charge in [0.2, 0.25) is 5.91 Å². The molecule has 0 bridgehead atoms. The van der Waals surface area contributed by atoms with Crippen molar-refractivity contribution >= 4 is 56.9 Å². The van der Waals surface area contributed by atoms with Crippen molar-refractivity contribution in [2.45, 2.75) is 5.03 Å². The molecule has 0 spiro atoms. The maximum atomic E-state index is 12.2. The number of hydrogen-bond acceptors (Lipinski definition) is 4. The van der Waals surface area contributed by atoms with Gasteiger partial charge < -0.3 is 10.3 Å². The lowest BCUT2D eigenvalue weighted by Crippen LogP contribution is -2.14. The Balaban J connectivity index is 1.55. The molecule has 25 heavy (non-hydrogen) atoms. The van der Waals surface area contributed by atoms with Gasteiger partial charge >= 0.3 is 0 Å². The van der Waals surface area contributed by atoms with Crippen LogP contribution in [0.3, 0.4) is 0 Å². The summed E-state index contributed by atoms with van der Waals surface area (Å²) in [6.07, 6.45) is 1.52. The predicted octanol–water partition coefficient (Wildman–Crippen LogP) is 4.50. The molecule has 0 saturated carbocycles. The SMILES string of the molecule is O=C(CSc1ncnc2c1[nH]c1ccccc12)Nc1ccccc1Cl. The topological polar surface area (TPSA) is 70.7 Å². The number of carbonyl (C=O) groups is 1. The number of anilines is 1. The first-order valence-electron chi connectivity index (χ1n) is 7.61. The second-order valence-corrected chi connectivity index (χ2v) is 6.76. The quantitative estimate of drug-likeness (QED) is 0.411. The van der Waals surface area contributed by atoms with Gasteiger partial charge in [0.05, 0.1) is 22.0 Å². The molecule has 124 valence electrons. The minimum Gasteiger partial charge on any atom is -0.351 e. The molecule has 0 unspecified atom stereocenters. The molecule has 0 aliphatic carbocycles. The highest BCUT2D eigenvalue weighted by Gasteiger charge is 2.12. The number of aromatic nitrogens is 3. The number of rotatable bonds is 4. The Morgan fingerprint density at radius 1 is 1.12 bits per heavy atom. The van der Waals surface area contributed by atoms with E-state index in [1.807, 2.05) is 36.4 Å². The normalized spacial score (nSPS) is 11.1. The summed E-state index contributed by atoms with van der Waals surface area (Å²) in [4.78, 5) is 24.2. The van der Waals surface area contributed by atoms with E-state index in [4.69, 9.17) is 11.6 Å². The zero-order valence-electron chi connectivity index (χ0n) is 13.0. The number of thioether (sulfide) groups is 1. The summed E-state index contributed by atoms with van der Waals surface area (Å²) in [5.41, 5.74) is 3.31. The fraction of sp³-hybridized carbons (Fsp3) is 0.0556. The third kappa shape index (κ3) is 3.18. The number of fused-ring (bicyclic) bond motifs is 3. The van der Waals surface area contributed by atoms with Crippen LogP contribution in [0.2, 0.25) is 5.02 Å². The number of halogens is 1. The molecule has 0 fully saturated rings. The average molecular weight is 369 g/mol. The second-order valence-electron chi connectivity index (χ2n) is 5.39. The molecular weight excluding hydrogens is 356 g/mol. The number of carbonyl (C=O) groups excluding carboxylic acids is 1. The molecule has 5 nitrogen and oxygen atoms in total. The molecule has 7 heteroatoms. The van der Waals surface area contributed by atoms with E-state index in [9.17, 15) is 4.79 Å². The first-order chi connectivity index (χ1) is 12.2. The standard InChI is InChI=1S/C18H13ClN4OS/c19-12-6-2-4-8-14(12)22-15(24)9-25-18-17-16(20-10-21-18)11-5-1-3-7-13(11)23-17/h1-8,10,23H,9H2,(H,22,24). The van der Waals surface area contributed by atoms with E-state index in [2.05, 4.69) is 20.3 Å². The van der Waals surface area contributed by atoms with Crippen molar-refractivity contribution < 1.29 is 4.79 Å². The lowest BCUT2D eigenvalue weighted by Gasteiger charge is -2.06. The minimum atomic E-state index is -0.138. The van der Waals surface area contributed by atoms with E-state index in [0.717, 1.165) is 27.0 Å². The van der Waals surface area contributed by atoms with Gasteiger partial charge in [0.15, 0.2) is 0 Å². The van der Waals surface area contributed by atoms with E-state index >= 15 is 0 Å². The molecule has 0 radical (unpaired) electrons. The summed E-state index contributed by atoms with van der Waals surface area (Å²) in [6, 6.07) is 15.1. The largest absolute Gasteiger partial charge is 0.351 e. The first-order valence-corrected chi connectivity index (χ1v) is 8.97. The van der Waals surface area contributed by atoms with Gasteiger partial charge in [0, 0.05) is 10.9 Å². The molecule has 4 aromatic rings. The number of benzene rings is 2. The summed E-state index contributed by atoms with van der Waals surface area (Å²) in [6.45, 7) is 0. The van der Waals surface area contributed by atoms with Crippen molar-refractivity contribution in [2.75, 3.05) is 11.1 Å². The van der Waals surface area contributed by atoms with Crippen LogP contribution in [0.15, 0.2) is 59.9 Å². The Morgan fingerprint density at radius 2 is 1.92 bits per heavy atom. The highest BCUT2D eigenvalue weighted by molar-refractivity contribution is 8.00. The summed E-state index contributed by atoms with van der Waals surface area (Å²) in [5, 5.41) is 5.11. The number of hydrogen-bond donors (Lipinski definition) is 2. The summed E-state index contributed by atoms with van der Waals surface area (Å²) < 4.78 is 0. The van der Waals surface area contributed by atoms with Gasteiger partial charge in [-0.05, 0) is 18.2 Å². The smallest absolute Gasteiger partial charge is 0.234 e. The Hall–Kier alpha value is -2.57. The zero-order chi connectivity index (χ0) is 17.2. The van der Waals surface area contributed by atoms with Gasteiger partial charge in [-0.2, -0.15) is 0 Å². The molecule has 0 aliphatic heterocycles. The maximum Gasteiger partial charge on any atom is 0.234 e. The van der Waals surface area contributed by atoms with Crippen LogP contribution in [0.1, 0.15) is 0 Å². The Bertz CT molecular complexity index is 1080. The van der Waals surface area contributed by atoms with Crippen LogP contribution in [0.5, 0.6) is 0 Å². The number of nitrogens with zero attached hydrogens (tertiary/aromatic N) is 2. The lowest BCUT2D eigenvalue weighted by atomic mass is 10.2. The second kappa shape index (κ2) is 6.74. The van der Waals surface area contributed by atoms with Crippen molar-refractivity contribution in [3.05, 3.63) is 59.9 Å². The van der Waals surface area contributed by atoms with Crippen molar-refractivity contribution in [1.82, 2.24) is 15.0 Å². The van der Waals surface area contributed by atoms with E-state index in [1.165, 1.54) is 18.1 Å². The number of nitrogens with one attached hydrogen (secondary N) is 2. The van der Waals surface area contributed by atoms with Crippen LogP contribution in [0, 0.1) is 0 Å². The highest BCUT2D eigenvalue weighted by Crippen LogP contribution is 2.29. The number of para-hydroxylation sites is 2. The van der Waals surface area contributed by atoms with Crippen molar-refractivity contribution in [1.29, 1.82) is 0 Å². The van der Waals surface area contributed by atoms with Crippen LogP contribution in [-0.2, 0) is 4.79 Å². The third-order valence-electron chi connectivity index (χ3n) is 3.74. The summed E-state index contributed by atoms with van der Waals surface area (Å²) in [7, 11) is 0. The van der Waals surface area contributed by atoms with Gasteiger partial charge in [-0.1, -0.05) is 53.7 Å². The highest BCUT2D eigenvalue weighted by atomic mass is 35.5. The number of aromatic amines is 1. The van der Waals surface area contributed by atoms with Crippen LogP contribution >= 0.6 is 23.4 Å². The van der Waals surface area contributed by atoms with E-state index in [1.54, 1.807) is 12.1 Å². The fourth-order valence-corrected chi connectivity index (χ4v) is 3.55. The molecule has 1 amide bonds. The van der Waals surface area contributed by atoms with Gasteiger partial charge in [-0.3, -0.25) is 4.79 Å². The molecule has 2 heterocycles. The molecule has 0 saturated heterocycles. The maximum absolute atomic E-state index is 12.2. The van der Waals surface area contributed by atoms with E-state index < -0.39 is 0 Å². The molecule has 2 aromatic carbocycles. The van der Waals surface area contributed by atoms with Crippen molar-refractivity contribution in [2.24, 2.45) is 0 Å². The van der Waals surface area contributed by atoms with Crippen molar-refractivity contribution in [3.8, 4) is 0 Å². The van der Waals surface area contributed by atoms with E-state index in [0.29, 0.717) is 10.7 Å². The monoisotopic (exact) mass is 368 g/mol. The van der Waals surface area contributed by atoms with Crippen molar-refractivity contribution in [3.63, 3.8) is 0 Å². The van der Waals surface area contributed by atoms with Gasteiger partial charge in [-0.25, -0.2) is 9.97 Å². The van der Waals surface area contributed by atoms with Crippen LogP contribution in [0.25, 0.3) is 21.9 Å². The lowest BCUT2D eigenvalue weighted by molar-refractivity contribution is -0.113. The average Bonchev–Trinajstić information content (AvgIpc) is 3.01. The Kier molecular flexibility index (Phi) is 4.29. The number of H-pyrrole nitrogens is 1. The van der Waals surface area contributed by atoms with Gasteiger partial charge in [0.25, 0.3) is 0 Å². The van der Waals surface area contributed by atoms with Gasteiger partial charge in [0.1, 0.15) is 16.9 Å². The number of amides is 1. The molecule has 0 aliphatic rings. The van der Waals surface area contributed by atoms with E-state index in [-0.39, 0.29) is 11.7 Å². The Labute approximate surface area is 152 Å². The fourth-order valence-electron chi connectivity index (χ4n) is 2.61. The zero-order valence-corrected chi connectivity index (χ0v) is 14.6. The molecule has 2 N–H and O–H groups in total. The van der Waals surface area contributed by atoms with Crippen LogP contribution in [0.4, 0.5) is 5.69 Å². The summed E-state index contributed by atoms with van der Waals surface area (Å²) >= 11 is 7.42. The Morgan fingerprint density at radius 3 is 2.80 bits per heavy atom. The molecule has 4 rings (SSSR count). The molecular formula is C18H13ClN4OS. The minimum absolute atomic E-state index is 0.138. The predicted molar refractivity (Wildman–Crippen MR) is 102 cm³/mol. The molecule has 0 atom stereocenters. The van der Waals surface area contributed by atoms with Crippen LogP contribution < -0.4 is 5.32 Å². The van der Waals surface area contributed by atoms with Crippen LogP contribution in [-0.4, -0.2) is 26.6 Å². The first kappa shape index (κ1) is 15.9. The van der Waals surface area contributed by atoms with Gasteiger partial charge in [-0.15, -0.1) is 0 Å². The summed E-state index contributed by atoms with van der Waals surface area (Å²) in [5.74, 6) is 0.0909.